The molecular weight excluding hydrogens is 390 g/mol. The normalized spacial score (nSPS) is 13.1. The van der Waals surface area contributed by atoms with Crippen molar-refractivity contribution < 1.29 is 19.2 Å². The molecule has 140 valence electrons. The van der Waals surface area contributed by atoms with Crippen LogP contribution >= 0.6 is 11.6 Å². The van der Waals surface area contributed by atoms with Crippen LogP contribution in [0, 0.1) is 0 Å². The average Bonchev–Trinajstić information content (AvgIpc) is 2.90. The van der Waals surface area contributed by atoms with Gasteiger partial charge in [0.1, 0.15) is 0 Å². The molecule has 0 bridgehead atoms. The van der Waals surface area contributed by atoms with Crippen LogP contribution in [0.2, 0.25) is 5.02 Å². The third-order valence-electron chi connectivity index (χ3n) is 4.18. The predicted octanol–water partition coefficient (Wildman–Crippen LogP) is 1.12. The fraction of sp³-hybridized carbons (Fsp3) is 0.0556. The highest BCUT2D eigenvalue weighted by atomic mass is 35.5. The van der Waals surface area contributed by atoms with Gasteiger partial charge in [-0.15, -0.1) is 0 Å². The number of hydrogen-bond donors (Lipinski definition) is 1. The van der Waals surface area contributed by atoms with Gasteiger partial charge in [0.2, 0.25) is 0 Å². The van der Waals surface area contributed by atoms with E-state index in [1.54, 1.807) is 12.1 Å². The van der Waals surface area contributed by atoms with Gasteiger partial charge in [0.05, 0.1) is 32.7 Å². The van der Waals surface area contributed by atoms with E-state index < -0.39 is 29.0 Å². The van der Waals surface area contributed by atoms with Crippen LogP contribution in [0.25, 0.3) is 10.9 Å². The van der Waals surface area contributed by atoms with Crippen LogP contribution in [0.3, 0.4) is 0 Å². The average molecular weight is 400 g/mol. The fourth-order valence-corrected chi connectivity index (χ4v) is 3.25. The Kier molecular flexibility index (Phi) is 3.90. The maximum absolute atomic E-state index is 12.7. The van der Waals surface area contributed by atoms with Crippen molar-refractivity contribution in [3.8, 4) is 0 Å². The topological polar surface area (TPSA) is 119 Å². The first-order chi connectivity index (χ1) is 13.3. The van der Waals surface area contributed by atoms with E-state index in [0.29, 0.717) is 0 Å². The molecule has 0 fully saturated rings. The van der Waals surface area contributed by atoms with Crippen molar-refractivity contribution in [2.24, 2.45) is 0 Å². The number of halogens is 1. The Hall–Kier alpha value is -3.72. The highest BCUT2D eigenvalue weighted by molar-refractivity contribution is 6.40. The SMILES string of the molecule is CC(=O)On1c(=O)[nH]c2cc(Cl)c(N3C(=O)c4ccccc4C3=O)cc2c1=O. The number of anilines is 1. The molecule has 9 nitrogen and oxygen atoms in total. The predicted molar refractivity (Wildman–Crippen MR) is 98.7 cm³/mol. The van der Waals surface area contributed by atoms with Gasteiger partial charge in [0.25, 0.3) is 17.4 Å². The van der Waals surface area contributed by atoms with Gasteiger partial charge >= 0.3 is 11.7 Å². The van der Waals surface area contributed by atoms with Crippen molar-refractivity contribution in [3.63, 3.8) is 0 Å². The van der Waals surface area contributed by atoms with Crippen LogP contribution in [-0.2, 0) is 4.79 Å². The van der Waals surface area contributed by atoms with E-state index in [9.17, 15) is 24.0 Å². The molecule has 0 atom stereocenters. The lowest BCUT2D eigenvalue weighted by Crippen LogP contribution is -2.41. The van der Waals surface area contributed by atoms with E-state index >= 15 is 0 Å². The molecule has 0 saturated carbocycles. The van der Waals surface area contributed by atoms with Gasteiger partial charge in [-0.1, -0.05) is 28.5 Å². The van der Waals surface area contributed by atoms with Crippen molar-refractivity contribution in [1.82, 2.24) is 9.71 Å². The molecule has 28 heavy (non-hydrogen) atoms. The first kappa shape index (κ1) is 17.7. The number of amides is 2. The van der Waals surface area contributed by atoms with Crippen LogP contribution in [0.5, 0.6) is 0 Å². The molecule has 0 aliphatic carbocycles. The Bertz CT molecular complexity index is 1290. The summed E-state index contributed by atoms with van der Waals surface area (Å²) in [5.41, 5.74) is -1.46. The molecule has 2 heterocycles. The Morgan fingerprint density at radius 3 is 2.21 bits per heavy atom. The summed E-state index contributed by atoms with van der Waals surface area (Å²) >= 11 is 6.22. The van der Waals surface area contributed by atoms with Gasteiger partial charge in [-0.3, -0.25) is 14.4 Å². The maximum atomic E-state index is 12.7. The molecular formula is C18H10ClN3O6. The minimum atomic E-state index is -0.975. The largest absolute Gasteiger partial charge is 0.363 e. The lowest BCUT2D eigenvalue weighted by Gasteiger charge is -2.16. The smallest absolute Gasteiger partial charge is 0.329 e. The Morgan fingerprint density at radius 2 is 1.64 bits per heavy atom. The van der Waals surface area contributed by atoms with Gasteiger partial charge in [0, 0.05) is 6.92 Å². The zero-order valence-electron chi connectivity index (χ0n) is 14.2. The number of aromatic amines is 1. The molecule has 2 aromatic carbocycles. The van der Waals surface area contributed by atoms with Crippen LogP contribution in [0.1, 0.15) is 27.6 Å². The highest BCUT2D eigenvalue weighted by Crippen LogP contribution is 2.34. The van der Waals surface area contributed by atoms with Crippen molar-refractivity contribution in [3.05, 3.63) is 73.4 Å². The Balaban J connectivity index is 1.94. The van der Waals surface area contributed by atoms with Crippen LogP contribution in [0.4, 0.5) is 5.69 Å². The number of H-pyrrole nitrogens is 1. The molecule has 1 aliphatic rings. The van der Waals surface area contributed by atoms with Gasteiger partial charge in [-0.05, 0) is 24.3 Å². The number of carbonyl (C=O) groups is 3. The van der Waals surface area contributed by atoms with Crippen molar-refractivity contribution in [1.29, 1.82) is 0 Å². The first-order valence-electron chi connectivity index (χ1n) is 7.95. The maximum Gasteiger partial charge on any atom is 0.363 e. The monoisotopic (exact) mass is 399 g/mol. The number of carbonyl (C=O) groups excluding carboxylic acids is 3. The van der Waals surface area contributed by atoms with E-state index in [1.165, 1.54) is 24.3 Å². The number of nitrogens with one attached hydrogen (secondary N) is 1. The number of fused-ring (bicyclic) bond motifs is 2. The summed E-state index contributed by atoms with van der Waals surface area (Å²) in [6, 6.07) is 8.70. The third kappa shape index (κ3) is 2.52. The molecule has 1 aromatic heterocycles. The van der Waals surface area contributed by atoms with Gasteiger partial charge in [-0.25, -0.2) is 14.5 Å². The second kappa shape index (κ2) is 6.17. The van der Waals surface area contributed by atoms with Crippen molar-refractivity contribution in [2.75, 3.05) is 4.90 Å². The second-order valence-electron chi connectivity index (χ2n) is 5.95. The summed E-state index contributed by atoms with van der Waals surface area (Å²) in [5.74, 6) is -2.06. The minimum Gasteiger partial charge on any atom is -0.329 e. The van der Waals surface area contributed by atoms with Gasteiger partial charge < -0.3 is 9.82 Å². The van der Waals surface area contributed by atoms with E-state index in [2.05, 4.69) is 9.82 Å². The number of imide groups is 1. The van der Waals surface area contributed by atoms with Crippen molar-refractivity contribution >= 4 is 46.0 Å². The van der Waals surface area contributed by atoms with Gasteiger partial charge in [-0.2, -0.15) is 0 Å². The summed E-state index contributed by atoms with van der Waals surface area (Å²) in [5, 5.41) is -0.126. The third-order valence-corrected chi connectivity index (χ3v) is 4.49. The molecule has 0 radical (unpaired) electrons. The summed E-state index contributed by atoms with van der Waals surface area (Å²) in [6.07, 6.45) is 0. The van der Waals surface area contributed by atoms with Gasteiger partial charge in [0.15, 0.2) is 0 Å². The van der Waals surface area contributed by atoms with Crippen LogP contribution < -0.4 is 21.0 Å². The molecule has 2 amide bonds. The number of rotatable bonds is 2. The summed E-state index contributed by atoms with van der Waals surface area (Å²) in [4.78, 5) is 68.9. The van der Waals surface area contributed by atoms with E-state index in [0.717, 1.165) is 11.8 Å². The number of nitrogens with zero attached hydrogens (tertiary/aromatic N) is 2. The quantitative estimate of drug-likeness (QED) is 0.645. The summed E-state index contributed by atoms with van der Waals surface area (Å²) in [6.45, 7) is 1.03. The number of aromatic nitrogens is 2. The van der Waals surface area contributed by atoms with Crippen molar-refractivity contribution in [2.45, 2.75) is 6.92 Å². The molecule has 10 heteroatoms. The lowest BCUT2D eigenvalue weighted by atomic mass is 10.1. The Labute approximate surface area is 160 Å². The van der Waals surface area contributed by atoms with E-state index in [1.807, 2.05) is 0 Å². The zero-order valence-corrected chi connectivity index (χ0v) is 14.9. The molecule has 0 spiro atoms. The second-order valence-corrected chi connectivity index (χ2v) is 6.36. The highest BCUT2D eigenvalue weighted by Gasteiger charge is 2.37. The zero-order chi connectivity index (χ0) is 20.2. The van der Waals surface area contributed by atoms with E-state index in [4.69, 9.17) is 11.6 Å². The molecule has 1 aliphatic heterocycles. The molecule has 1 N–H and O–H groups in total. The first-order valence-corrected chi connectivity index (χ1v) is 8.32. The van der Waals surface area contributed by atoms with Crippen LogP contribution in [-0.4, -0.2) is 27.5 Å². The standard InChI is InChI=1S/C18H10ClN3O6/c1-8(23)28-22-17(26)11-6-14(12(19)7-13(11)20-18(22)27)21-15(24)9-4-2-3-5-10(9)16(21)25/h2-7H,1H3,(H,20,27). The Morgan fingerprint density at radius 1 is 1.04 bits per heavy atom. The molecule has 0 saturated heterocycles. The lowest BCUT2D eigenvalue weighted by molar-refractivity contribution is -0.142. The fourth-order valence-electron chi connectivity index (χ4n) is 3.00. The summed E-state index contributed by atoms with van der Waals surface area (Å²) in [7, 11) is 0. The minimum absolute atomic E-state index is 0.0257. The molecule has 3 aromatic rings. The number of hydrogen-bond acceptors (Lipinski definition) is 6. The summed E-state index contributed by atoms with van der Waals surface area (Å²) < 4.78 is 0.255. The molecule has 4 rings (SSSR count). The molecule has 0 unspecified atom stereocenters. The number of benzene rings is 2. The van der Waals surface area contributed by atoms with E-state index in [-0.39, 0.29) is 37.5 Å². The van der Waals surface area contributed by atoms with Crippen LogP contribution in [0.15, 0.2) is 46.0 Å².